The van der Waals surface area contributed by atoms with Gasteiger partial charge in [-0.1, -0.05) is 71.4 Å². The van der Waals surface area contributed by atoms with Crippen molar-refractivity contribution in [3.8, 4) is 0 Å². The van der Waals surface area contributed by atoms with Gasteiger partial charge in [-0.25, -0.2) is 8.42 Å². The van der Waals surface area contributed by atoms with Crippen LogP contribution in [0.15, 0.2) is 64.0 Å². The highest BCUT2D eigenvalue weighted by molar-refractivity contribution is 7.89. The lowest BCUT2D eigenvalue weighted by Gasteiger charge is -2.31. The maximum absolute atomic E-state index is 13.6. The Bertz CT molecular complexity index is 1280. The van der Waals surface area contributed by atoms with Gasteiger partial charge in [-0.2, -0.15) is 4.31 Å². The van der Waals surface area contributed by atoms with Gasteiger partial charge < -0.3 is 9.84 Å². The number of sulfonamides is 1. The van der Waals surface area contributed by atoms with Crippen LogP contribution in [0, 0.1) is 19.8 Å². The fourth-order valence-electron chi connectivity index (χ4n) is 4.27. The largest absolute Gasteiger partial charge is 0.355 e. The minimum Gasteiger partial charge on any atom is -0.355 e. The van der Waals surface area contributed by atoms with Crippen molar-refractivity contribution < 1.29 is 17.7 Å². The number of carbonyl (C=O) groups is 1. The summed E-state index contributed by atoms with van der Waals surface area (Å²) in [4.78, 5) is 12.9. The Balaban J connectivity index is 1.44. The molecule has 35 heavy (non-hydrogen) atoms. The van der Waals surface area contributed by atoms with Crippen molar-refractivity contribution in [2.24, 2.45) is 5.92 Å². The molecule has 1 saturated heterocycles. The van der Waals surface area contributed by atoms with E-state index >= 15 is 0 Å². The Kier molecular flexibility index (Phi) is 7.83. The molecule has 1 aliphatic rings. The fourth-order valence-corrected chi connectivity index (χ4v) is 6.05. The van der Waals surface area contributed by atoms with Crippen molar-refractivity contribution in [1.82, 2.24) is 14.8 Å². The Morgan fingerprint density at radius 1 is 1.11 bits per heavy atom. The number of carbonyl (C=O) groups excluding carboxylic acids is 1. The number of amides is 1. The van der Waals surface area contributed by atoms with E-state index in [0.717, 1.165) is 23.1 Å². The Morgan fingerprint density at radius 3 is 2.60 bits per heavy atom. The van der Waals surface area contributed by atoms with E-state index in [-0.39, 0.29) is 29.0 Å². The second kappa shape index (κ2) is 11.0. The smallest absolute Gasteiger partial charge is 0.248 e. The summed E-state index contributed by atoms with van der Waals surface area (Å²) in [5, 5.41) is 6.89. The normalized spacial score (nSPS) is 17.0. The highest BCUT2D eigenvalue weighted by atomic mass is 32.2. The Morgan fingerprint density at radius 2 is 1.86 bits per heavy atom. The Labute approximate surface area is 206 Å². The maximum Gasteiger partial charge on any atom is 0.248 e. The fraction of sp³-hybridized carbons (Fsp3) is 0.333. The third-order valence-corrected chi connectivity index (χ3v) is 8.27. The lowest BCUT2D eigenvalue weighted by molar-refractivity contribution is -0.126. The molecule has 1 aromatic heterocycles. The first kappa shape index (κ1) is 24.9. The topological polar surface area (TPSA) is 92.5 Å². The van der Waals surface area contributed by atoms with Gasteiger partial charge in [0, 0.05) is 19.6 Å². The van der Waals surface area contributed by atoms with Gasteiger partial charge in [0.15, 0.2) is 10.7 Å². The van der Waals surface area contributed by atoms with Crippen molar-refractivity contribution in [2.75, 3.05) is 19.6 Å². The van der Waals surface area contributed by atoms with Gasteiger partial charge in [-0.15, -0.1) is 0 Å². The van der Waals surface area contributed by atoms with Gasteiger partial charge >= 0.3 is 0 Å². The monoisotopic (exact) mass is 493 g/mol. The summed E-state index contributed by atoms with van der Waals surface area (Å²) in [6.07, 6.45) is 5.45. The van der Waals surface area contributed by atoms with E-state index in [9.17, 15) is 13.2 Å². The van der Waals surface area contributed by atoms with Crippen molar-refractivity contribution >= 4 is 28.1 Å². The molecule has 184 valence electrons. The zero-order valence-electron chi connectivity index (χ0n) is 20.1. The predicted molar refractivity (Wildman–Crippen MR) is 136 cm³/mol. The summed E-state index contributed by atoms with van der Waals surface area (Å²) in [6, 6.07) is 17.8. The molecule has 1 N–H and O–H groups in total. The van der Waals surface area contributed by atoms with Gasteiger partial charge in [0.1, 0.15) is 5.69 Å². The summed E-state index contributed by atoms with van der Waals surface area (Å²) in [6.45, 7) is 4.66. The third-order valence-electron chi connectivity index (χ3n) is 6.25. The zero-order valence-corrected chi connectivity index (χ0v) is 20.9. The molecule has 8 heteroatoms. The number of aromatic nitrogens is 1. The standard InChI is InChI=1S/C27H31N3O4S/c1-20-10-12-23(13-11-20)14-15-25-26(21(2)29-34-25)35(32,33)30-18-6-9-24(19-30)27(31)28-17-16-22-7-4-3-5-8-22/h3-5,7-8,10-15,24H,6,9,16-19H2,1-2H3,(H,28,31)/b15-14+/t24-/m1/s1. The quantitative estimate of drug-likeness (QED) is 0.507. The number of hydrogen-bond acceptors (Lipinski definition) is 5. The van der Waals surface area contributed by atoms with Gasteiger partial charge in [0.25, 0.3) is 0 Å². The number of hydrogen-bond donors (Lipinski definition) is 1. The second-order valence-corrected chi connectivity index (χ2v) is 10.8. The summed E-state index contributed by atoms with van der Waals surface area (Å²) >= 11 is 0. The van der Waals surface area contributed by atoms with Gasteiger partial charge in [-0.05, 0) is 50.3 Å². The van der Waals surface area contributed by atoms with Gasteiger partial charge in [0.05, 0.1) is 5.92 Å². The van der Waals surface area contributed by atoms with Crippen molar-refractivity contribution in [1.29, 1.82) is 0 Å². The molecule has 0 radical (unpaired) electrons. The molecule has 2 aromatic carbocycles. The molecular weight excluding hydrogens is 462 g/mol. The number of nitrogens with one attached hydrogen (secondary N) is 1. The first-order valence-corrected chi connectivity index (χ1v) is 13.3. The van der Waals surface area contributed by atoms with Gasteiger partial charge in [0.2, 0.25) is 15.9 Å². The minimum atomic E-state index is -3.88. The van der Waals surface area contributed by atoms with E-state index in [1.165, 1.54) is 4.31 Å². The van der Waals surface area contributed by atoms with Crippen LogP contribution in [-0.2, 0) is 21.2 Å². The van der Waals surface area contributed by atoms with E-state index in [0.29, 0.717) is 31.6 Å². The first-order chi connectivity index (χ1) is 16.8. The maximum atomic E-state index is 13.6. The number of benzene rings is 2. The van der Waals surface area contributed by atoms with E-state index in [4.69, 9.17) is 4.52 Å². The number of piperidine rings is 1. The molecular formula is C27H31N3O4S. The zero-order chi connectivity index (χ0) is 24.8. The van der Waals surface area contributed by atoms with Crippen LogP contribution < -0.4 is 5.32 Å². The minimum absolute atomic E-state index is 0.0611. The first-order valence-electron chi connectivity index (χ1n) is 11.9. The molecule has 0 bridgehead atoms. The molecule has 1 fully saturated rings. The number of nitrogens with zero attached hydrogens (tertiary/aromatic N) is 2. The Hall–Kier alpha value is -3.23. The molecule has 2 heterocycles. The third kappa shape index (κ3) is 6.07. The molecule has 1 amide bonds. The predicted octanol–water partition coefficient (Wildman–Crippen LogP) is 4.22. The van der Waals surface area contributed by atoms with Crippen LogP contribution in [0.2, 0.25) is 0 Å². The lowest BCUT2D eigenvalue weighted by Crippen LogP contribution is -2.45. The molecule has 1 atom stereocenters. The average Bonchev–Trinajstić information content (AvgIpc) is 3.25. The van der Waals surface area contributed by atoms with Crippen molar-refractivity contribution in [3.63, 3.8) is 0 Å². The van der Waals surface area contributed by atoms with Crippen LogP contribution >= 0.6 is 0 Å². The van der Waals surface area contributed by atoms with Crippen molar-refractivity contribution in [2.45, 2.75) is 38.0 Å². The summed E-state index contributed by atoms with van der Waals surface area (Å²) in [5.74, 6) is -0.305. The molecule has 0 unspecified atom stereocenters. The molecule has 0 spiro atoms. The summed E-state index contributed by atoms with van der Waals surface area (Å²) in [7, 11) is -3.88. The summed E-state index contributed by atoms with van der Waals surface area (Å²) in [5.41, 5.74) is 3.53. The molecule has 1 aliphatic heterocycles. The highest BCUT2D eigenvalue weighted by Gasteiger charge is 2.36. The van der Waals surface area contributed by atoms with E-state index in [2.05, 4.69) is 10.5 Å². The number of aryl methyl sites for hydroxylation is 2. The number of rotatable bonds is 8. The molecule has 3 aromatic rings. The van der Waals surface area contributed by atoms with Crippen LogP contribution in [0.1, 0.15) is 41.0 Å². The highest BCUT2D eigenvalue weighted by Crippen LogP contribution is 2.29. The SMILES string of the molecule is Cc1ccc(/C=C/c2onc(C)c2S(=O)(=O)N2CCC[C@@H](C(=O)NCCc3ccccc3)C2)cc1. The lowest BCUT2D eigenvalue weighted by atomic mass is 9.99. The molecule has 0 saturated carbocycles. The van der Waals surface area contributed by atoms with Crippen LogP contribution in [0.25, 0.3) is 12.2 Å². The molecule has 0 aliphatic carbocycles. The van der Waals surface area contributed by atoms with Crippen LogP contribution in [0.4, 0.5) is 0 Å². The van der Waals surface area contributed by atoms with Crippen molar-refractivity contribution in [3.05, 3.63) is 82.7 Å². The molecule has 4 rings (SSSR count). The van der Waals surface area contributed by atoms with E-state index in [1.54, 1.807) is 19.1 Å². The molecule has 7 nitrogen and oxygen atoms in total. The van der Waals surface area contributed by atoms with Crippen LogP contribution in [-0.4, -0.2) is 43.4 Å². The summed E-state index contributed by atoms with van der Waals surface area (Å²) < 4.78 is 33.9. The second-order valence-electron chi connectivity index (χ2n) is 8.93. The average molecular weight is 494 g/mol. The van der Waals surface area contributed by atoms with Crippen LogP contribution in [0.5, 0.6) is 0 Å². The van der Waals surface area contributed by atoms with Gasteiger partial charge in [-0.3, -0.25) is 4.79 Å². The van der Waals surface area contributed by atoms with E-state index in [1.807, 2.05) is 61.5 Å². The van der Waals surface area contributed by atoms with Crippen LogP contribution in [0.3, 0.4) is 0 Å². The van der Waals surface area contributed by atoms with E-state index < -0.39 is 10.0 Å².